The van der Waals surface area contributed by atoms with Crippen LogP contribution >= 0.6 is 12.6 Å². The molecule has 0 aliphatic heterocycles. The van der Waals surface area contributed by atoms with Crippen LogP contribution in [0.15, 0.2) is 0 Å². The van der Waals surface area contributed by atoms with Crippen molar-refractivity contribution in [3.05, 3.63) is 0 Å². The molecule has 4 rings (SSSR count). The van der Waals surface area contributed by atoms with Gasteiger partial charge in [0, 0.05) is 0 Å². The van der Waals surface area contributed by atoms with E-state index in [9.17, 15) is 15.3 Å². The molecule has 0 saturated heterocycles. The molecule has 3 N–H and O–H groups in total. The number of aliphatic hydroxyl groups excluding tert-OH is 3. The Bertz CT molecular complexity index is 497. The third kappa shape index (κ3) is 2.35. The monoisotopic (exact) mass is 354 g/mol. The molecule has 10 unspecified atom stereocenters. The fourth-order valence-electron chi connectivity index (χ4n) is 7.73. The van der Waals surface area contributed by atoms with Gasteiger partial charge in [-0.15, -0.1) is 12.6 Å². The third-order valence-corrected chi connectivity index (χ3v) is 9.45. The molecular weight excluding hydrogens is 320 g/mol. The Hall–Kier alpha value is 0.230. The summed E-state index contributed by atoms with van der Waals surface area (Å²) in [4.78, 5) is 0. The van der Waals surface area contributed by atoms with Crippen LogP contribution in [-0.4, -0.2) is 33.0 Å². The number of aliphatic hydroxyl groups is 3. The molecule has 0 aromatic heterocycles. The second-order valence-electron chi connectivity index (χ2n) is 9.87. The predicted octanol–water partition coefficient (Wildman–Crippen LogP) is 3.23. The summed E-state index contributed by atoms with van der Waals surface area (Å²) in [7, 11) is 0. The van der Waals surface area contributed by atoms with Crippen molar-refractivity contribution in [1.29, 1.82) is 0 Å². The zero-order chi connectivity index (χ0) is 17.3. The molecule has 0 heterocycles. The number of fused-ring (bicyclic) bond motifs is 5. The van der Waals surface area contributed by atoms with Crippen molar-refractivity contribution >= 4 is 12.6 Å². The molecule has 0 aromatic carbocycles. The SMILES string of the molecule is CC12CCC(O)CC1CC(O)C1C2CCC2(C)C(C(O)S)CCC12. The average molecular weight is 355 g/mol. The van der Waals surface area contributed by atoms with Crippen molar-refractivity contribution in [3.63, 3.8) is 0 Å². The fourth-order valence-corrected chi connectivity index (χ4v) is 8.22. The predicted molar refractivity (Wildman–Crippen MR) is 97.6 cm³/mol. The van der Waals surface area contributed by atoms with Crippen LogP contribution < -0.4 is 0 Å². The van der Waals surface area contributed by atoms with Crippen LogP contribution in [-0.2, 0) is 0 Å². The van der Waals surface area contributed by atoms with Gasteiger partial charge in [0.15, 0.2) is 0 Å². The van der Waals surface area contributed by atoms with Gasteiger partial charge >= 0.3 is 0 Å². The summed E-state index contributed by atoms with van der Waals surface area (Å²) in [6, 6.07) is 0. The van der Waals surface area contributed by atoms with Crippen molar-refractivity contribution in [3.8, 4) is 0 Å². The number of thiol groups is 1. The standard InChI is InChI=1S/C20H34O3S/c1-19-7-5-12(21)9-11(19)10-16(22)17-13-3-4-15(18(23)24)20(13,2)8-6-14(17)19/h11-18,21-24H,3-10H2,1-2H3. The maximum atomic E-state index is 11.1. The van der Waals surface area contributed by atoms with Gasteiger partial charge in [-0.3, -0.25) is 0 Å². The van der Waals surface area contributed by atoms with Crippen molar-refractivity contribution in [2.24, 2.45) is 40.4 Å². The lowest BCUT2D eigenvalue weighted by Crippen LogP contribution is -2.58. The largest absolute Gasteiger partial charge is 0.393 e. The van der Waals surface area contributed by atoms with Gasteiger partial charge in [-0.25, -0.2) is 0 Å². The van der Waals surface area contributed by atoms with E-state index in [2.05, 4.69) is 26.5 Å². The summed E-state index contributed by atoms with van der Waals surface area (Å²) in [5.41, 5.74) is -0.131. The Morgan fingerprint density at radius 3 is 2.29 bits per heavy atom. The van der Waals surface area contributed by atoms with E-state index in [1.54, 1.807) is 0 Å². The van der Waals surface area contributed by atoms with E-state index in [0.717, 1.165) is 51.4 Å². The van der Waals surface area contributed by atoms with Gasteiger partial charge in [-0.05, 0) is 91.8 Å². The maximum absolute atomic E-state index is 11.1. The Kier molecular flexibility index (Phi) is 4.31. The summed E-state index contributed by atoms with van der Waals surface area (Å²) in [5, 5.41) is 31.3. The van der Waals surface area contributed by atoms with Gasteiger partial charge < -0.3 is 15.3 Å². The van der Waals surface area contributed by atoms with Crippen molar-refractivity contribution < 1.29 is 15.3 Å². The molecule has 0 radical (unpaired) electrons. The molecular formula is C20H34O3S. The topological polar surface area (TPSA) is 60.7 Å². The minimum absolute atomic E-state index is 0.126. The number of hydrogen-bond donors (Lipinski definition) is 4. The molecule has 3 nitrogen and oxygen atoms in total. The van der Waals surface area contributed by atoms with E-state index in [1.165, 1.54) is 0 Å². The number of hydrogen-bond acceptors (Lipinski definition) is 4. The molecule has 24 heavy (non-hydrogen) atoms. The Labute approximate surface area is 151 Å². The minimum Gasteiger partial charge on any atom is -0.393 e. The van der Waals surface area contributed by atoms with Crippen LogP contribution in [0, 0.1) is 40.4 Å². The Morgan fingerprint density at radius 2 is 1.58 bits per heavy atom. The van der Waals surface area contributed by atoms with E-state index in [-0.39, 0.29) is 29.0 Å². The number of rotatable bonds is 1. The fraction of sp³-hybridized carbons (Fsp3) is 1.00. The molecule has 4 aliphatic rings. The van der Waals surface area contributed by atoms with E-state index in [0.29, 0.717) is 23.7 Å². The summed E-state index contributed by atoms with van der Waals surface area (Å²) in [6.45, 7) is 4.78. The molecule has 4 heteroatoms. The highest BCUT2D eigenvalue weighted by Gasteiger charge is 2.62. The van der Waals surface area contributed by atoms with Gasteiger partial charge in [-0.1, -0.05) is 13.8 Å². The van der Waals surface area contributed by atoms with Gasteiger partial charge in [0.05, 0.1) is 17.6 Å². The first-order valence-electron chi connectivity index (χ1n) is 9.99. The Morgan fingerprint density at radius 1 is 0.917 bits per heavy atom. The first kappa shape index (κ1) is 17.6. The van der Waals surface area contributed by atoms with Crippen LogP contribution in [0.5, 0.6) is 0 Å². The van der Waals surface area contributed by atoms with Gasteiger partial charge in [0.2, 0.25) is 0 Å². The summed E-state index contributed by atoms with van der Waals surface area (Å²) in [5.74, 6) is 2.19. The first-order valence-corrected chi connectivity index (χ1v) is 10.5. The summed E-state index contributed by atoms with van der Waals surface area (Å²) >= 11 is 4.37. The van der Waals surface area contributed by atoms with Crippen molar-refractivity contribution in [2.45, 2.75) is 82.9 Å². The average Bonchev–Trinajstić information content (AvgIpc) is 2.86. The summed E-state index contributed by atoms with van der Waals surface area (Å²) in [6.07, 6.45) is 7.83. The van der Waals surface area contributed by atoms with E-state index >= 15 is 0 Å². The zero-order valence-electron chi connectivity index (χ0n) is 15.1. The quantitative estimate of drug-likeness (QED) is 0.432. The van der Waals surface area contributed by atoms with Gasteiger partial charge in [-0.2, -0.15) is 0 Å². The summed E-state index contributed by atoms with van der Waals surface area (Å²) < 4.78 is 0. The molecule has 0 aromatic rings. The molecule has 138 valence electrons. The lowest BCUT2D eigenvalue weighted by molar-refractivity contribution is -0.174. The maximum Gasteiger partial charge on any atom is 0.0998 e. The molecule has 0 amide bonds. The molecule has 10 atom stereocenters. The van der Waals surface area contributed by atoms with Crippen LogP contribution in [0.25, 0.3) is 0 Å². The highest BCUT2D eigenvalue weighted by Crippen LogP contribution is 2.67. The van der Waals surface area contributed by atoms with Crippen molar-refractivity contribution in [2.75, 3.05) is 0 Å². The lowest BCUT2D eigenvalue weighted by atomic mass is 9.44. The normalized spacial score (nSPS) is 58.5. The molecule has 4 aliphatic carbocycles. The van der Waals surface area contributed by atoms with Gasteiger partial charge in [0.1, 0.15) is 0 Å². The van der Waals surface area contributed by atoms with Crippen LogP contribution in [0.2, 0.25) is 0 Å². The van der Waals surface area contributed by atoms with Crippen LogP contribution in [0.4, 0.5) is 0 Å². The highest BCUT2D eigenvalue weighted by molar-refractivity contribution is 7.80. The second-order valence-corrected chi connectivity index (χ2v) is 10.4. The molecule has 0 bridgehead atoms. The third-order valence-electron chi connectivity index (χ3n) is 9.09. The molecule has 4 saturated carbocycles. The molecule has 4 fully saturated rings. The van der Waals surface area contributed by atoms with Crippen molar-refractivity contribution in [1.82, 2.24) is 0 Å². The lowest BCUT2D eigenvalue weighted by Gasteiger charge is -2.62. The van der Waals surface area contributed by atoms with Crippen LogP contribution in [0.1, 0.15) is 65.2 Å². The van der Waals surface area contributed by atoms with E-state index < -0.39 is 5.44 Å². The smallest absolute Gasteiger partial charge is 0.0998 e. The minimum atomic E-state index is -0.537. The zero-order valence-corrected chi connectivity index (χ0v) is 16.0. The Balaban J connectivity index is 1.65. The van der Waals surface area contributed by atoms with E-state index in [1.807, 2.05) is 0 Å². The van der Waals surface area contributed by atoms with Gasteiger partial charge in [0.25, 0.3) is 0 Å². The van der Waals surface area contributed by atoms with E-state index in [4.69, 9.17) is 0 Å². The van der Waals surface area contributed by atoms with Crippen LogP contribution in [0.3, 0.4) is 0 Å². The first-order chi connectivity index (χ1) is 11.3. The molecule has 0 spiro atoms. The second kappa shape index (κ2) is 5.87. The highest BCUT2D eigenvalue weighted by atomic mass is 32.1.